The Bertz CT molecular complexity index is 261. The maximum Gasteiger partial charge on any atom is 0.0107 e. The summed E-state index contributed by atoms with van der Waals surface area (Å²) in [5.74, 6) is 1.84. The van der Waals surface area contributed by atoms with Gasteiger partial charge >= 0.3 is 0 Å². The Balaban J connectivity index is 1.76. The van der Waals surface area contributed by atoms with Crippen LogP contribution in [0.3, 0.4) is 0 Å². The summed E-state index contributed by atoms with van der Waals surface area (Å²) in [5, 5.41) is 3.69. The van der Waals surface area contributed by atoms with Crippen LogP contribution in [-0.2, 0) is 0 Å². The molecule has 0 radical (unpaired) electrons. The van der Waals surface area contributed by atoms with Gasteiger partial charge in [0.05, 0.1) is 0 Å². The number of nitrogens with zero attached hydrogens (tertiary/aromatic N) is 1. The minimum atomic E-state index is 0.506. The van der Waals surface area contributed by atoms with Gasteiger partial charge in [-0.3, -0.25) is 0 Å². The fourth-order valence-electron chi connectivity index (χ4n) is 4.10. The summed E-state index contributed by atoms with van der Waals surface area (Å²) in [6.45, 7) is 14.6. The van der Waals surface area contributed by atoms with Crippen molar-refractivity contribution in [3.8, 4) is 0 Å². The molecule has 0 bridgehead atoms. The van der Waals surface area contributed by atoms with Crippen molar-refractivity contribution in [3.63, 3.8) is 0 Å². The van der Waals surface area contributed by atoms with E-state index in [1.54, 1.807) is 0 Å². The molecule has 1 aliphatic heterocycles. The fraction of sp³-hybridized carbons (Fsp3) is 1.00. The third-order valence-electron chi connectivity index (χ3n) is 5.43. The van der Waals surface area contributed by atoms with Crippen molar-refractivity contribution < 1.29 is 0 Å². The van der Waals surface area contributed by atoms with Crippen LogP contribution in [0.4, 0.5) is 0 Å². The van der Waals surface area contributed by atoms with Crippen molar-refractivity contribution in [2.75, 3.05) is 26.2 Å². The summed E-state index contributed by atoms with van der Waals surface area (Å²) in [6.07, 6.45) is 7.08. The Morgan fingerprint density at radius 2 is 1.74 bits per heavy atom. The zero-order valence-corrected chi connectivity index (χ0v) is 13.5. The van der Waals surface area contributed by atoms with Crippen LogP contribution in [0, 0.1) is 17.3 Å². The molecular weight excluding hydrogens is 232 g/mol. The van der Waals surface area contributed by atoms with Crippen LogP contribution < -0.4 is 5.32 Å². The molecule has 0 aromatic carbocycles. The molecule has 1 saturated heterocycles. The number of hydrogen-bond donors (Lipinski definition) is 1. The summed E-state index contributed by atoms with van der Waals surface area (Å²) in [7, 11) is 0. The largest absolute Gasteiger partial charge is 0.314 e. The summed E-state index contributed by atoms with van der Waals surface area (Å²) in [5.41, 5.74) is 0.506. The standard InChI is InChI=1S/C17H34N2/c1-5-18-16-8-6-7-14(16)13-19-11-9-15(10-12-19)17(2,3)4/h14-16,18H,5-13H2,1-4H3. The van der Waals surface area contributed by atoms with Gasteiger partial charge in [-0.05, 0) is 62.6 Å². The molecule has 1 N–H and O–H groups in total. The van der Waals surface area contributed by atoms with Crippen molar-refractivity contribution in [2.24, 2.45) is 17.3 Å². The average molecular weight is 266 g/mol. The van der Waals surface area contributed by atoms with Crippen molar-refractivity contribution in [2.45, 2.75) is 65.8 Å². The van der Waals surface area contributed by atoms with Gasteiger partial charge in [0, 0.05) is 12.6 Å². The Hall–Kier alpha value is -0.0800. The molecule has 2 heteroatoms. The summed E-state index contributed by atoms with van der Waals surface area (Å²) >= 11 is 0. The van der Waals surface area contributed by atoms with Crippen LogP contribution in [-0.4, -0.2) is 37.1 Å². The molecular formula is C17H34N2. The summed E-state index contributed by atoms with van der Waals surface area (Å²) in [4.78, 5) is 2.74. The van der Waals surface area contributed by atoms with E-state index >= 15 is 0 Å². The van der Waals surface area contributed by atoms with E-state index in [-0.39, 0.29) is 0 Å². The van der Waals surface area contributed by atoms with Gasteiger partial charge in [-0.1, -0.05) is 34.1 Å². The molecule has 1 aliphatic carbocycles. The summed E-state index contributed by atoms with van der Waals surface area (Å²) < 4.78 is 0. The Labute approximate surface area is 120 Å². The predicted molar refractivity (Wildman–Crippen MR) is 83.4 cm³/mol. The zero-order chi connectivity index (χ0) is 13.9. The maximum absolute atomic E-state index is 3.69. The van der Waals surface area contributed by atoms with E-state index < -0.39 is 0 Å². The third-order valence-corrected chi connectivity index (χ3v) is 5.43. The monoisotopic (exact) mass is 266 g/mol. The lowest BCUT2D eigenvalue weighted by atomic mass is 9.75. The highest BCUT2D eigenvalue weighted by Gasteiger charge is 2.32. The third kappa shape index (κ3) is 4.19. The van der Waals surface area contributed by atoms with Crippen LogP contribution >= 0.6 is 0 Å². The van der Waals surface area contributed by atoms with Gasteiger partial charge in [0.15, 0.2) is 0 Å². The quantitative estimate of drug-likeness (QED) is 0.837. The first-order valence-electron chi connectivity index (χ1n) is 8.46. The highest BCUT2D eigenvalue weighted by Crippen LogP contribution is 2.35. The first-order valence-corrected chi connectivity index (χ1v) is 8.46. The first-order chi connectivity index (χ1) is 9.00. The van der Waals surface area contributed by atoms with Gasteiger partial charge in [0.2, 0.25) is 0 Å². The maximum atomic E-state index is 3.69. The lowest BCUT2D eigenvalue weighted by molar-refractivity contribution is 0.0978. The summed E-state index contributed by atoms with van der Waals surface area (Å²) in [6, 6.07) is 0.797. The van der Waals surface area contributed by atoms with Gasteiger partial charge in [-0.25, -0.2) is 0 Å². The molecule has 2 aliphatic rings. The molecule has 2 rings (SSSR count). The zero-order valence-electron chi connectivity index (χ0n) is 13.5. The van der Waals surface area contributed by atoms with Gasteiger partial charge in [-0.2, -0.15) is 0 Å². The lowest BCUT2D eigenvalue weighted by Crippen LogP contribution is -2.43. The van der Waals surface area contributed by atoms with E-state index in [4.69, 9.17) is 0 Å². The van der Waals surface area contributed by atoms with E-state index in [0.29, 0.717) is 5.41 Å². The van der Waals surface area contributed by atoms with Gasteiger partial charge in [-0.15, -0.1) is 0 Å². The van der Waals surface area contributed by atoms with Crippen LogP contribution in [0.15, 0.2) is 0 Å². The molecule has 0 amide bonds. The molecule has 0 spiro atoms. The highest BCUT2D eigenvalue weighted by atomic mass is 15.1. The second-order valence-corrected chi connectivity index (χ2v) is 7.80. The Morgan fingerprint density at radius 3 is 2.32 bits per heavy atom. The molecule has 2 atom stereocenters. The number of likely N-dealkylation sites (tertiary alicyclic amines) is 1. The SMILES string of the molecule is CCNC1CCCC1CN1CCC(C(C)(C)C)CC1. The lowest BCUT2D eigenvalue weighted by Gasteiger charge is -2.40. The first kappa shape index (κ1) is 15.3. The topological polar surface area (TPSA) is 15.3 Å². The van der Waals surface area contributed by atoms with Crippen LogP contribution in [0.2, 0.25) is 0 Å². The molecule has 112 valence electrons. The molecule has 0 aromatic heterocycles. The second-order valence-electron chi connectivity index (χ2n) is 7.80. The Morgan fingerprint density at radius 1 is 1.05 bits per heavy atom. The minimum Gasteiger partial charge on any atom is -0.314 e. The van der Waals surface area contributed by atoms with E-state index in [1.807, 2.05) is 0 Å². The molecule has 2 nitrogen and oxygen atoms in total. The normalized spacial score (nSPS) is 30.9. The molecule has 1 heterocycles. The van der Waals surface area contributed by atoms with Gasteiger partial charge in [0.25, 0.3) is 0 Å². The van der Waals surface area contributed by atoms with Crippen LogP contribution in [0.25, 0.3) is 0 Å². The number of hydrogen-bond acceptors (Lipinski definition) is 2. The van der Waals surface area contributed by atoms with E-state index in [9.17, 15) is 0 Å². The van der Waals surface area contributed by atoms with Crippen molar-refractivity contribution in [3.05, 3.63) is 0 Å². The van der Waals surface area contributed by atoms with Gasteiger partial charge < -0.3 is 10.2 Å². The van der Waals surface area contributed by atoms with Crippen molar-refractivity contribution in [1.82, 2.24) is 10.2 Å². The number of nitrogens with one attached hydrogen (secondary N) is 1. The fourth-order valence-corrected chi connectivity index (χ4v) is 4.10. The molecule has 0 aromatic rings. The molecule has 1 saturated carbocycles. The minimum absolute atomic E-state index is 0.506. The second kappa shape index (κ2) is 6.58. The number of rotatable bonds is 4. The molecule has 19 heavy (non-hydrogen) atoms. The van der Waals surface area contributed by atoms with E-state index in [0.717, 1.165) is 24.4 Å². The van der Waals surface area contributed by atoms with Crippen LogP contribution in [0.1, 0.15) is 59.8 Å². The molecule has 2 unspecified atom stereocenters. The van der Waals surface area contributed by atoms with Crippen molar-refractivity contribution >= 4 is 0 Å². The van der Waals surface area contributed by atoms with E-state index in [1.165, 1.54) is 51.7 Å². The molecule has 2 fully saturated rings. The van der Waals surface area contributed by atoms with Crippen LogP contribution in [0.5, 0.6) is 0 Å². The van der Waals surface area contributed by atoms with Crippen molar-refractivity contribution in [1.29, 1.82) is 0 Å². The Kier molecular flexibility index (Phi) is 5.30. The number of piperidine rings is 1. The smallest absolute Gasteiger partial charge is 0.0107 e. The van der Waals surface area contributed by atoms with Gasteiger partial charge in [0.1, 0.15) is 0 Å². The average Bonchev–Trinajstić information content (AvgIpc) is 2.77. The highest BCUT2D eigenvalue weighted by molar-refractivity contribution is 4.87. The van der Waals surface area contributed by atoms with E-state index in [2.05, 4.69) is 37.9 Å². The predicted octanol–water partition coefficient (Wildman–Crippen LogP) is 3.52.